The van der Waals surface area contributed by atoms with Gasteiger partial charge in [0.05, 0.1) is 6.61 Å². The van der Waals surface area contributed by atoms with E-state index >= 15 is 0 Å². The summed E-state index contributed by atoms with van der Waals surface area (Å²) in [5, 5.41) is 0. The van der Waals surface area contributed by atoms with Crippen LogP contribution in [0.2, 0.25) is 0 Å². The van der Waals surface area contributed by atoms with Gasteiger partial charge in [-0.1, -0.05) is 37.3 Å². The third kappa shape index (κ3) is 3.50. The van der Waals surface area contributed by atoms with Gasteiger partial charge in [-0.2, -0.15) is 8.78 Å². The molecule has 4 heteroatoms. The third-order valence-electron chi connectivity index (χ3n) is 3.96. The predicted octanol–water partition coefficient (Wildman–Crippen LogP) is 5.15. The molecule has 0 spiro atoms. The average molecular weight is 303 g/mol. The number of pyridine rings is 1. The lowest BCUT2D eigenvalue weighted by molar-refractivity contribution is -0.246. The Kier molecular flexibility index (Phi) is 4.21. The smallest absolute Gasteiger partial charge is 0.316 e. The summed E-state index contributed by atoms with van der Waals surface area (Å²) in [5.74, 6) is 0.607. The minimum absolute atomic E-state index is 0.110. The molecule has 3 rings (SSSR count). The predicted molar refractivity (Wildman–Crippen MR) is 81.7 cm³/mol. The van der Waals surface area contributed by atoms with Crippen molar-refractivity contribution in [3.8, 4) is 11.1 Å². The van der Waals surface area contributed by atoms with E-state index in [1.54, 1.807) is 0 Å². The summed E-state index contributed by atoms with van der Waals surface area (Å²) in [4.78, 5) is 4.49. The van der Waals surface area contributed by atoms with Gasteiger partial charge in [0.2, 0.25) is 0 Å². The fourth-order valence-corrected chi connectivity index (χ4v) is 2.40. The molecule has 0 aliphatic heterocycles. The number of benzene rings is 1. The van der Waals surface area contributed by atoms with E-state index in [-0.39, 0.29) is 13.0 Å². The van der Waals surface area contributed by atoms with E-state index in [1.807, 2.05) is 42.6 Å². The Morgan fingerprint density at radius 1 is 1.18 bits per heavy atom. The molecule has 0 radical (unpaired) electrons. The monoisotopic (exact) mass is 303 g/mol. The summed E-state index contributed by atoms with van der Waals surface area (Å²) in [6, 6.07) is 11.5. The Hall–Kier alpha value is -1.81. The lowest BCUT2D eigenvalue weighted by atomic mass is 10.0. The Morgan fingerprint density at radius 3 is 2.59 bits per heavy atom. The molecular weight excluding hydrogens is 284 g/mol. The lowest BCUT2D eigenvalue weighted by Gasteiger charge is -2.16. The van der Waals surface area contributed by atoms with E-state index in [0.717, 1.165) is 22.4 Å². The van der Waals surface area contributed by atoms with Crippen LogP contribution >= 0.6 is 0 Å². The van der Waals surface area contributed by atoms with Crippen LogP contribution in [0.5, 0.6) is 0 Å². The van der Waals surface area contributed by atoms with Crippen LogP contribution in [0, 0.1) is 0 Å². The summed E-state index contributed by atoms with van der Waals surface area (Å²) in [5.41, 5.74) is 3.69. The van der Waals surface area contributed by atoms with Crippen LogP contribution in [0.3, 0.4) is 0 Å². The van der Waals surface area contributed by atoms with E-state index in [9.17, 15) is 8.78 Å². The molecule has 1 aromatic carbocycles. The normalized spacial score (nSPS) is 15.0. The fraction of sp³-hybridized carbons (Fsp3) is 0.389. The van der Waals surface area contributed by atoms with Gasteiger partial charge in [0.15, 0.2) is 0 Å². The van der Waals surface area contributed by atoms with Crippen molar-refractivity contribution in [2.24, 2.45) is 0 Å². The molecule has 0 saturated heterocycles. The van der Waals surface area contributed by atoms with Gasteiger partial charge in [-0.3, -0.25) is 4.98 Å². The van der Waals surface area contributed by atoms with Crippen LogP contribution in [-0.2, 0) is 11.3 Å². The van der Waals surface area contributed by atoms with Crippen molar-refractivity contribution < 1.29 is 13.5 Å². The van der Waals surface area contributed by atoms with Gasteiger partial charge >= 0.3 is 6.11 Å². The zero-order chi connectivity index (χ0) is 15.6. The highest BCUT2D eigenvalue weighted by atomic mass is 19.3. The summed E-state index contributed by atoms with van der Waals surface area (Å²) in [6.45, 7) is 1.30. The second-order valence-electron chi connectivity index (χ2n) is 5.68. The fourth-order valence-electron chi connectivity index (χ4n) is 2.40. The van der Waals surface area contributed by atoms with Crippen molar-refractivity contribution >= 4 is 0 Å². The standard InChI is InChI=1S/C18H19F2NO/c1-2-18(19,20)22-12-15-5-3-4-6-16(15)14-9-10-17(21-11-14)13-7-8-13/h3-6,9-11,13H,2,7-8,12H2,1H3. The Labute approximate surface area is 129 Å². The molecule has 0 atom stereocenters. The van der Waals surface area contributed by atoms with Gasteiger partial charge in [0.25, 0.3) is 0 Å². The number of hydrogen-bond donors (Lipinski definition) is 0. The first kappa shape index (κ1) is 15.1. The van der Waals surface area contributed by atoms with E-state index in [0.29, 0.717) is 5.92 Å². The van der Waals surface area contributed by atoms with Gasteiger partial charge in [-0.25, -0.2) is 0 Å². The van der Waals surface area contributed by atoms with Gasteiger partial charge in [-0.05, 0) is 30.0 Å². The molecule has 0 amide bonds. The highest BCUT2D eigenvalue weighted by Crippen LogP contribution is 2.39. The van der Waals surface area contributed by atoms with Crippen LogP contribution in [0.15, 0.2) is 42.6 Å². The minimum atomic E-state index is -3.08. The first-order chi connectivity index (χ1) is 10.6. The first-order valence-electron chi connectivity index (χ1n) is 7.65. The van der Waals surface area contributed by atoms with E-state index in [4.69, 9.17) is 4.74 Å². The van der Waals surface area contributed by atoms with Crippen molar-refractivity contribution in [2.45, 2.75) is 44.8 Å². The SMILES string of the molecule is CCC(F)(F)OCc1ccccc1-c1ccc(C2CC2)nc1. The van der Waals surface area contributed by atoms with Gasteiger partial charge in [0, 0.05) is 29.8 Å². The number of alkyl halides is 2. The largest absolute Gasteiger partial charge is 0.355 e. The molecule has 0 N–H and O–H groups in total. The molecule has 1 aromatic heterocycles. The maximum absolute atomic E-state index is 13.3. The highest BCUT2D eigenvalue weighted by molar-refractivity contribution is 5.66. The molecule has 2 nitrogen and oxygen atoms in total. The molecule has 1 saturated carbocycles. The molecule has 22 heavy (non-hydrogen) atoms. The Morgan fingerprint density at radius 2 is 1.95 bits per heavy atom. The van der Waals surface area contributed by atoms with Crippen molar-refractivity contribution in [2.75, 3.05) is 0 Å². The molecule has 0 bridgehead atoms. The summed E-state index contributed by atoms with van der Waals surface area (Å²) in [7, 11) is 0. The van der Waals surface area contributed by atoms with Gasteiger partial charge in [-0.15, -0.1) is 0 Å². The van der Waals surface area contributed by atoms with E-state index in [1.165, 1.54) is 19.8 Å². The molecule has 1 aliphatic carbocycles. The van der Waals surface area contributed by atoms with Crippen molar-refractivity contribution in [3.63, 3.8) is 0 Å². The molecule has 0 unspecified atom stereocenters. The number of nitrogens with zero attached hydrogens (tertiary/aromatic N) is 1. The molecular formula is C18H19F2NO. The quantitative estimate of drug-likeness (QED) is 0.736. The zero-order valence-electron chi connectivity index (χ0n) is 12.6. The minimum Gasteiger partial charge on any atom is -0.316 e. The highest BCUT2D eigenvalue weighted by Gasteiger charge is 2.27. The third-order valence-corrected chi connectivity index (χ3v) is 3.96. The lowest BCUT2D eigenvalue weighted by Crippen LogP contribution is -2.19. The Bertz CT molecular complexity index is 636. The zero-order valence-corrected chi connectivity index (χ0v) is 12.6. The van der Waals surface area contributed by atoms with Crippen LogP contribution in [0.4, 0.5) is 8.78 Å². The molecule has 116 valence electrons. The number of halogens is 2. The van der Waals surface area contributed by atoms with Gasteiger partial charge in [0.1, 0.15) is 0 Å². The molecule has 1 heterocycles. The van der Waals surface area contributed by atoms with Crippen LogP contribution in [0.25, 0.3) is 11.1 Å². The van der Waals surface area contributed by atoms with Crippen molar-refractivity contribution in [3.05, 3.63) is 53.9 Å². The number of hydrogen-bond acceptors (Lipinski definition) is 2. The van der Waals surface area contributed by atoms with Crippen LogP contribution in [0.1, 0.15) is 43.4 Å². The van der Waals surface area contributed by atoms with Crippen LogP contribution < -0.4 is 0 Å². The van der Waals surface area contributed by atoms with Crippen molar-refractivity contribution in [1.82, 2.24) is 4.98 Å². The second-order valence-corrected chi connectivity index (χ2v) is 5.68. The second kappa shape index (κ2) is 6.13. The van der Waals surface area contributed by atoms with Crippen molar-refractivity contribution in [1.29, 1.82) is 0 Å². The Balaban J connectivity index is 1.80. The van der Waals surface area contributed by atoms with Crippen LogP contribution in [-0.4, -0.2) is 11.1 Å². The first-order valence-corrected chi connectivity index (χ1v) is 7.65. The molecule has 1 aliphatic rings. The maximum Gasteiger partial charge on any atom is 0.355 e. The molecule has 1 fully saturated rings. The summed E-state index contributed by atoms with van der Waals surface area (Å²) in [6.07, 6.45) is 0.837. The number of aromatic nitrogens is 1. The topological polar surface area (TPSA) is 22.1 Å². The maximum atomic E-state index is 13.3. The number of rotatable bonds is 6. The van der Waals surface area contributed by atoms with Gasteiger partial charge < -0.3 is 4.74 Å². The number of ether oxygens (including phenoxy) is 1. The summed E-state index contributed by atoms with van der Waals surface area (Å²) >= 11 is 0. The average Bonchev–Trinajstić information content (AvgIpc) is 3.38. The summed E-state index contributed by atoms with van der Waals surface area (Å²) < 4.78 is 31.3. The van der Waals surface area contributed by atoms with E-state index < -0.39 is 6.11 Å². The molecule has 2 aromatic rings. The van der Waals surface area contributed by atoms with E-state index in [2.05, 4.69) is 4.98 Å².